The van der Waals surface area contributed by atoms with Crippen molar-refractivity contribution in [1.82, 2.24) is 0 Å². The molecule has 4 rings (SSSR count). The molecule has 1 heterocycles. The summed E-state index contributed by atoms with van der Waals surface area (Å²) in [5, 5.41) is 0. The Balaban J connectivity index is 1.76. The summed E-state index contributed by atoms with van der Waals surface area (Å²) >= 11 is 0. The lowest BCUT2D eigenvalue weighted by molar-refractivity contribution is -0.153. The van der Waals surface area contributed by atoms with E-state index in [2.05, 4.69) is 0 Å². The molecule has 5 nitrogen and oxygen atoms in total. The van der Waals surface area contributed by atoms with Crippen molar-refractivity contribution in [2.45, 2.75) is 63.3 Å². The molecule has 0 amide bonds. The highest BCUT2D eigenvalue weighted by atomic mass is 16.7. The molecule has 26 heavy (non-hydrogen) atoms. The quantitative estimate of drug-likeness (QED) is 0.358. The number of ketones is 2. The van der Waals surface area contributed by atoms with Crippen LogP contribution >= 0.6 is 0 Å². The van der Waals surface area contributed by atoms with Crippen molar-refractivity contribution >= 4 is 17.5 Å². The Morgan fingerprint density at radius 3 is 2.38 bits per heavy atom. The van der Waals surface area contributed by atoms with Crippen molar-refractivity contribution in [1.29, 1.82) is 0 Å². The minimum absolute atomic E-state index is 0.188. The van der Waals surface area contributed by atoms with E-state index < -0.39 is 23.0 Å². The average molecular weight is 354 g/mol. The summed E-state index contributed by atoms with van der Waals surface area (Å²) < 4.78 is 11.4. The number of rotatable bonds is 4. The fraction of sp³-hybridized carbons (Fsp3) is 0.476. The number of Topliss-reactive ketones (excluding diaryl/α,β-unsaturated/α-hetero) is 2. The topological polar surface area (TPSA) is 73.0 Å². The highest BCUT2D eigenvalue weighted by Gasteiger charge is 2.85. The van der Waals surface area contributed by atoms with E-state index in [0.717, 1.165) is 31.3 Å². The largest absolute Gasteiger partial charge is 0.460 e. The van der Waals surface area contributed by atoms with Crippen LogP contribution in [0.25, 0.3) is 0 Å². The van der Waals surface area contributed by atoms with Gasteiger partial charge in [-0.2, -0.15) is 0 Å². The van der Waals surface area contributed by atoms with Crippen molar-refractivity contribution in [3.8, 4) is 0 Å². The number of carbonyl (C=O) groups is 3. The van der Waals surface area contributed by atoms with Gasteiger partial charge in [-0.25, -0.2) is 4.79 Å². The van der Waals surface area contributed by atoms with Crippen LogP contribution in [0.15, 0.2) is 35.9 Å². The van der Waals surface area contributed by atoms with Gasteiger partial charge in [0.25, 0.3) is 5.60 Å². The molecule has 1 aromatic rings. The summed E-state index contributed by atoms with van der Waals surface area (Å²) in [5.74, 6) is -1.48. The summed E-state index contributed by atoms with van der Waals surface area (Å²) in [6.45, 7) is 3.81. The third kappa shape index (κ3) is 2.23. The molecule has 1 aromatic carbocycles. The molecule has 5 heteroatoms. The standard InChI is InChI=1S/C21H22O5/c1-13(2)11-12-20-17(22)15-9-5-6-10-16(15)18(23)21(20,26-20)19(24)25-14-7-3-4-8-14/h5-6,9-11,14H,3-4,7-8,12H2,1-2H3. The van der Waals surface area contributed by atoms with Crippen LogP contribution in [0.3, 0.4) is 0 Å². The summed E-state index contributed by atoms with van der Waals surface area (Å²) in [6.07, 6.45) is 5.43. The number of benzene rings is 1. The first kappa shape index (κ1) is 17.2. The molecule has 0 spiro atoms. The molecule has 2 aliphatic carbocycles. The Bertz CT molecular complexity index is 829. The number of hydrogen-bond donors (Lipinski definition) is 0. The molecule has 0 N–H and O–H groups in total. The Kier molecular flexibility index (Phi) is 3.88. The highest BCUT2D eigenvalue weighted by molar-refractivity contribution is 6.32. The molecule has 2 unspecified atom stereocenters. The van der Waals surface area contributed by atoms with E-state index in [1.807, 2.05) is 19.9 Å². The smallest absolute Gasteiger partial charge is 0.350 e. The third-order valence-corrected chi connectivity index (χ3v) is 5.62. The first-order valence-electron chi connectivity index (χ1n) is 9.15. The SMILES string of the molecule is CC(C)=CCC12OC1(C(=O)OC1CCCC1)C(=O)c1ccccc1C2=O. The number of hydrogen-bond acceptors (Lipinski definition) is 5. The lowest BCUT2D eigenvalue weighted by Gasteiger charge is -2.24. The van der Waals surface area contributed by atoms with Crippen LogP contribution in [0.2, 0.25) is 0 Å². The van der Waals surface area contributed by atoms with E-state index in [-0.39, 0.29) is 23.9 Å². The lowest BCUT2D eigenvalue weighted by atomic mass is 9.72. The van der Waals surface area contributed by atoms with Crippen molar-refractivity contribution in [3.05, 3.63) is 47.0 Å². The zero-order valence-corrected chi connectivity index (χ0v) is 15.0. The zero-order valence-electron chi connectivity index (χ0n) is 15.0. The molecular weight excluding hydrogens is 332 g/mol. The maximum atomic E-state index is 13.2. The second kappa shape index (κ2) is 5.88. The van der Waals surface area contributed by atoms with E-state index in [9.17, 15) is 14.4 Å². The molecule has 136 valence electrons. The van der Waals surface area contributed by atoms with Crippen LogP contribution in [0.1, 0.15) is 66.7 Å². The van der Waals surface area contributed by atoms with Crippen LogP contribution in [0.4, 0.5) is 0 Å². The second-order valence-electron chi connectivity index (χ2n) is 7.61. The van der Waals surface area contributed by atoms with Crippen molar-refractivity contribution in [2.75, 3.05) is 0 Å². The van der Waals surface area contributed by atoms with Crippen molar-refractivity contribution < 1.29 is 23.9 Å². The van der Waals surface area contributed by atoms with Gasteiger partial charge in [0.1, 0.15) is 6.10 Å². The van der Waals surface area contributed by atoms with Gasteiger partial charge in [0, 0.05) is 17.5 Å². The minimum Gasteiger partial charge on any atom is -0.460 e. The van der Waals surface area contributed by atoms with Gasteiger partial charge < -0.3 is 9.47 Å². The Hall–Kier alpha value is -2.27. The van der Waals surface area contributed by atoms with E-state index in [4.69, 9.17) is 9.47 Å². The van der Waals surface area contributed by atoms with Gasteiger partial charge in [0.15, 0.2) is 11.4 Å². The molecule has 1 saturated heterocycles. The Morgan fingerprint density at radius 2 is 1.77 bits per heavy atom. The van der Waals surface area contributed by atoms with Crippen molar-refractivity contribution in [2.24, 2.45) is 0 Å². The van der Waals surface area contributed by atoms with Crippen LogP contribution in [0.5, 0.6) is 0 Å². The third-order valence-electron chi connectivity index (χ3n) is 5.62. The second-order valence-corrected chi connectivity index (χ2v) is 7.61. The van der Waals surface area contributed by atoms with Crippen LogP contribution in [-0.2, 0) is 14.3 Å². The summed E-state index contributed by atoms with van der Waals surface area (Å²) in [5.41, 5.74) is -1.74. The number of allylic oxidation sites excluding steroid dienone is 1. The van der Waals surface area contributed by atoms with Crippen LogP contribution in [0, 0.1) is 0 Å². The number of fused-ring (bicyclic) bond motifs is 2. The minimum atomic E-state index is -1.83. The monoisotopic (exact) mass is 354 g/mol. The van der Waals surface area contributed by atoms with Gasteiger partial charge in [0.2, 0.25) is 5.78 Å². The number of ether oxygens (including phenoxy) is 2. The van der Waals surface area contributed by atoms with Gasteiger partial charge >= 0.3 is 5.97 Å². The zero-order chi connectivity index (χ0) is 18.5. The first-order chi connectivity index (χ1) is 12.4. The normalized spacial score (nSPS) is 29.8. The highest BCUT2D eigenvalue weighted by Crippen LogP contribution is 2.58. The Labute approximate surface area is 152 Å². The average Bonchev–Trinajstić information content (AvgIpc) is 3.09. The molecule has 3 aliphatic rings. The molecule has 2 fully saturated rings. The maximum absolute atomic E-state index is 13.2. The molecule has 2 atom stereocenters. The molecule has 1 saturated carbocycles. The number of epoxide rings is 1. The van der Waals surface area contributed by atoms with Crippen LogP contribution in [-0.4, -0.2) is 34.8 Å². The first-order valence-corrected chi connectivity index (χ1v) is 9.15. The molecular formula is C21H22O5. The lowest BCUT2D eigenvalue weighted by Crippen LogP contribution is -2.51. The number of carbonyl (C=O) groups excluding carboxylic acids is 3. The predicted molar refractivity (Wildman–Crippen MR) is 94.0 cm³/mol. The maximum Gasteiger partial charge on any atom is 0.350 e. The van der Waals surface area contributed by atoms with E-state index in [1.165, 1.54) is 0 Å². The fourth-order valence-corrected chi connectivity index (χ4v) is 4.12. The Morgan fingerprint density at radius 1 is 1.15 bits per heavy atom. The van der Waals surface area contributed by atoms with E-state index in [1.54, 1.807) is 24.3 Å². The summed E-state index contributed by atoms with van der Waals surface area (Å²) in [7, 11) is 0. The molecule has 0 radical (unpaired) electrons. The van der Waals surface area contributed by atoms with Gasteiger partial charge in [-0.1, -0.05) is 35.9 Å². The fourth-order valence-electron chi connectivity index (χ4n) is 4.12. The van der Waals surface area contributed by atoms with Gasteiger partial charge in [0.05, 0.1) is 0 Å². The van der Waals surface area contributed by atoms with E-state index in [0.29, 0.717) is 5.56 Å². The van der Waals surface area contributed by atoms with Gasteiger partial charge in [-0.05, 0) is 39.5 Å². The van der Waals surface area contributed by atoms with Gasteiger partial charge in [-0.15, -0.1) is 0 Å². The summed E-state index contributed by atoms with van der Waals surface area (Å²) in [6, 6.07) is 6.59. The summed E-state index contributed by atoms with van der Waals surface area (Å²) in [4.78, 5) is 39.4. The molecule has 0 aromatic heterocycles. The number of esters is 1. The predicted octanol–water partition coefficient (Wildman–Crippen LogP) is 3.42. The van der Waals surface area contributed by atoms with Gasteiger partial charge in [-0.3, -0.25) is 9.59 Å². The van der Waals surface area contributed by atoms with E-state index >= 15 is 0 Å². The van der Waals surface area contributed by atoms with Crippen molar-refractivity contribution in [3.63, 3.8) is 0 Å². The molecule has 1 aliphatic heterocycles. The molecule has 0 bridgehead atoms. The van der Waals surface area contributed by atoms with Crippen LogP contribution < -0.4 is 0 Å².